The summed E-state index contributed by atoms with van der Waals surface area (Å²) in [4.78, 5) is 9.98. The van der Waals surface area contributed by atoms with Crippen LogP contribution in [0.25, 0.3) is 83.6 Å². The minimum absolute atomic E-state index is 0. The third-order valence-electron chi connectivity index (χ3n) is 11.2. The quantitative estimate of drug-likeness (QED) is 0.135. The number of nitrogens with zero attached hydrogens (tertiary/aromatic N) is 3. The Bertz CT molecular complexity index is 3290. The van der Waals surface area contributed by atoms with Crippen molar-refractivity contribution in [1.82, 2.24) is 14.5 Å². The van der Waals surface area contributed by atoms with Gasteiger partial charge in [-0.15, -0.1) is 23.8 Å². The maximum atomic E-state index is 8.45. The minimum atomic E-state index is -2.41. The summed E-state index contributed by atoms with van der Waals surface area (Å²) in [5.41, 5.74) is 12.2. The van der Waals surface area contributed by atoms with E-state index in [1.807, 2.05) is 109 Å². The Morgan fingerprint density at radius 3 is 2.11 bits per heavy atom. The van der Waals surface area contributed by atoms with Gasteiger partial charge in [0.15, 0.2) is 0 Å². The Kier molecular flexibility index (Phi) is 9.81. The molecule has 0 unspecified atom stereocenters. The van der Waals surface area contributed by atoms with Crippen molar-refractivity contribution in [2.45, 2.75) is 46.4 Å². The number of furan rings is 1. The van der Waals surface area contributed by atoms with Gasteiger partial charge in [-0.1, -0.05) is 166 Å². The van der Waals surface area contributed by atoms with E-state index in [0.29, 0.717) is 39.5 Å². The van der Waals surface area contributed by atoms with E-state index in [-0.39, 0.29) is 38.5 Å². The number of benzene rings is 7. The van der Waals surface area contributed by atoms with Crippen LogP contribution in [0.4, 0.5) is 0 Å². The normalized spacial score (nSPS) is 12.5. The monoisotopic (exact) mass is 975 g/mol. The molecule has 61 heavy (non-hydrogen) atoms. The fourth-order valence-corrected chi connectivity index (χ4v) is 8.24. The molecule has 0 spiro atoms. The molecule has 3 heterocycles. The molecule has 3 aromatic heterocycles. The Balaban J connectivity index is 0.00000518. The van der Waals surface area contributed by atoms with E-state index in [4.69, 9.17) is 23.2 Å². The second-order valence-corrected chi connectivity index (χ2v) is 15.8. The summed E-state index contributed by atoms with van der Waals surface area (Å²) in [5.74, 6) is 2.22. The van der Waals surface area contributed by atoms with E-state index < -0.39 is 6.85 Å². The van der Waals surface area contributed by atoms with Gasteiger partial charge in [-0.3, -0.25) is 4.98 Å². The van der Waals surface area contributed by atoms with E-state index in [9.17, 15) is 0 Å². The van der Waals surface area contributed by atoms with E-state index >= 15 is 0 Å². The van der Waals surface area contributed by atoms with Crippen LogP contribution in [0.15, 0.2) is 162 Å². The van der Waals surface area contributed by atoms with Crippen LogP contribution in [0.5, 0.6) is 11.5 Å². The molecule has 0 aliphatic carbocycles. The molecular weight excluding hydrogens is 930 g/mol. The molecular formula is C55H43N3O2Pt. The summed E-state index contributed by atoms with van der Waals surface area (Å²) in [7, 11) is 0. The van der Waals surface area contributed by atoms with Crippen molar-refractivity contribution in [1.29, 1.82) is 0 Å². The number of pyridine rings is 1. The molecule has 300 valence electrons. The first-order valence-corrected chi connectivity index (χ1v) is 20.4. The molecule has 0 fully saturated rings. The topological polar surface area (TPSA) is 53.1 Å². The van der Waals surface area contributed by atoms with Crippen molar-refractivity contribution in [3.63, 3.8) is 0 Å². The van der Waals surface area contributed by atoms with E-state index in [1.54, 1.807) is 0 Å². The Labute approximate surface area is 375 Å². The molecule has 0 N–H and O–H groups in total. The standard InChI is InChI=1S/C55H43N3O2.Pt/c1-34(2)43-20-14-21-44(35(3)4)53(43)58-51-23-11-10-22-49(51)57-55(58)40-17-13-18-41(29-40)59-42-30-47-45-19-9-12-24-52(45)60-54(47)48(31-42)50-32-46(36(5)33-56-50)39-27-25-38(26-28-39)37-15-7-6-8-16-37;/h6-28,30,32-35H,1-5H3;/q-2;+2/i5D3;. The molecule has 0 aliphatic heterocycles. The molecule has 10 rings (SSSR count). The van der Waals surface area contributed by atoms with Crippen molar-refractivity contribution in [2.75, 3.05) is 0 Å². The molecule has 0 aliphatic rings. The predicted octanol–water partition coefficient (Wildman–Crippen LogP) is 14.9. The average molecular weight is 976 g/mol. The van der Waals surface area contributed by atoms with Gasteiger partial charge in [0.1, 0.15) is 5.58 Å². The van der Waals surface area contributed by atoms with Gasteiger partial charge >= 0.3 is 21.1 Å². The zero-order valence-electron chi connectivity index (χ0n) is 37.1. The minimum Gasteiger partial charge on any atom is -0.501 e. The van der Waals surface area contributed by atoms with Crippen molar-refractivity contribution in [2.24, 2.45) is 0 Å². The van der Waals surface area contributed by atoms with Crippen LogP contribution in [0.1, 0.15) is 60.3 Å². The molecule has 0 atom stereocenters. The van der Waals surface area contributed by atoms with Gasteiger partial charge in [-0.2, -0.15) is 0 Å². The van der Waals surface area contributed by atoms with Crippen LogP contribution < -0.4 is 4.74 Å². The number of para-hydroxylation sites is 4. The fraction of sp³-hybridized carbons (Fsp3) is 0.127. The van der Waals surface area contributed by atoms with Crippen LogP contribution in [0, 0.1) is 19.0 Å². The van der Waals surface area contributed by atoms with Gasteiger partial charge in [0, 0.05) is 32.9 Å². The first kappa shape index (κ1) is 36.3. The van der Waals surface area contributed by atoms with Crippen LogP contribution in [-0.4, -0.2) is 14.5 Å². The summed E-state index contributed by atoms with van der Waals surface area (Å²) in [6.45, 7) is 6.52. The molecule has 0 radical (unpaired) electrons. The van der Waals surface area contributed by atoms with Gasteiger partial charge < -0.3 is 18.7 Å². The van der Waals surface area contributed by atoms with Crippen molar-refractivity contribution >= 4 is 33.0 Å². The maximum Gasteiger partial charge on any atom is 2.00 e. The molecule has 10 aromatic rings. The van der Waals surface area contributed by atoms with Gasteiger partial charge in [0.2, 0.25) is 0 Å². The van der Waals surface area contributed by atoms with Crippen LogP contribution in [0.2, 0.25) is 0 Å². The predicted molar refractivity (Wildman–Crippen MR) is 245 cm³/mol. The average Bonchev–Trinajstić information content (AvgIpc) is 3.87. The van der Waals surface area contributed by atoms with E-state index in [2.05, 4.69) is 86.9 Å². The molecule has 0 amide bonds. The fourth-order valence-electron chi connectivity index (χ4n) is 8.24. The molecule has 6 heteroatoms. The van der Waals surface area contributed by atoms with Crippen molar-refractivity contribution < 1.29 is 34.3 Å². The van der Waals surface area contributed by atoms with Crippen molar-refractivity contribution in [3.05, 3.63) is 187 Å². The third-order valence-corrected chi connectivity index (χ3v) is 11.2. The van der Waals surface area contributed by atoms with Gasteiger partial charge in [-0.05, 0) is 81.5 Å². The number of fused-ring (bicyclic) bond motifs is 4. The van der Waals surface area contributed by atoms with E-state index in [0.717, 1.165) is 55.6 Å². The molecule has 0 bridgehead atoms. The van der Waals surface area contributed by atoms with Gasteiger partial charge in [-0.25, -0.2) is 0 Å². The van der Waals surface area contributed by atoms with Gasteiger partial charge in [0.05, 0.1) is 22.4 Å². The smallest absolute Gasteiger partial charge is 0.501 e. The maximum absolute atomic E-state index is 8.45. The first-order valence-electron chi connectivity index (χ1n) is 21.9. The third kappa shape index (κ3) is 7.38. The Morgan fingerprint density at radius 1 is 0.656 bits per heavy atom. The number of imidazole rings is 1. The summed E-state index contributed by atoms with van der Waals surface area (Å²) >= 11 is 0. The molecule has 5 nitrogen and oxygen atoms in total. The summed E-state index contributed by atoms with van der Waals surface area (Å²) < 4.78 is 40.8. The Hall–Kier alpha value is -6.55. The largest absolute Gasteiger partial charge is 2.00 e. The zero-order valence-corrected chi connectivity index (χ0v) is 36.4. The first-order chi connectivity index (χ1) is 30.5. The summed E-state index contributed by atoms with van der Waals surface area (Å²) in [6.07, 6.45) is 1.45. The molecule has 0 saturated heterocycles. The van der Waals surface area contributed by atoms with Crippen LogP contribution in [-0.2, 0) is 21.1 Å². The SMILES string of the molecule is [2H]C([2H])([2H])c1cnc(-c2[c-]c(Oc3[c-]c(-c4nc5ccccc5n4-c4c(C(C)C)cccc4C(C)C)ccc3)cc3c2oc2ccccc23)cc1-c1ccc(-c2ccccc2)cc1.[Pt+2]. The number of aryl methyl sites for hydroxylation is 1. The number of hydrogen-bond donors (Lipinski definition) is 0. The van der Waals surface area contributed by atoms with E-state index in [1.165, 1.54) is 17.3 Å². The second-order valence-electron chi connectivity index (χ2n) is 15.8. The van der Waals surface area contributed by atoms with Crippen molar-refractivity contribution in [3.8, 4) is 62.1 Å². The Morgan fingerprint density at radius 2 is 1.34 bits per heavy atom. The number of aromatic nitrogens is 3. The summed E-state index contributed by atoms with van der Waals surface area (Å²) in [5, 5.41) is 1.72. The summed E-state index contributed by atoms with van der Waals surface area (Å²) in [6, 6.07) is 57.3. The molecule has 0 saturated carbocycles. The molecule has 7 aromatic carbocycles. The number of rotatable bonds is 9. The number of ether oxygens (including phenoxy) is 1. The zero-order chi connectivity index (χ0) is 43.4. The van der Waals surface area contributed by atoms with Crippen LogP contribution in [0.3, 0.4) is 0 Å². The number of hydrogen-bond acceptors (Lipinski definition) is 4. The van der Waals surface area contributed by atoms with Crippen LogP contribution >= 0.6 is 0 Å². The van der Waals surface area contributed by atoms with Gasteiger partial charge in [0.25, 0.3) is 0 Å². The second kappa shape index (κ2) is 16.5.